The largest absolute Gasteiger partial charge is 0.458 e. The SMILES string of the molecule is c1ccc(-c2cccc(-c3cc(-c4cccc(-c5ccccc5)c4)c4c5c3Oc3ccccc3B5c3ccccc3O4)c2)cc1. The third-order valence-corrected chi connectivity index (χ3v) is 9.00. The van der Waals surface area contributed by atoms with Gasteiger partial charge < -0.3 is 9.47 Å². The summed E-state index contributed by atoms with van der Waals surface area (Å²) >= 11 is 0. The number of benzene rings is 7. The average Bonchev–Trinajstić information content (AvgIpc) is 3.12. The molecule has 0 saturated carbocycles. The molecule has 2 aliphatic heterocycles. The van der Waals surface area contributed by atoms with Gasteiger partial charge in [0.05, 0.1) is 0 Å². The third-order valence-electron chi connectivity index (χ3n) is 9.00. The summed E-state index contributed by atoms with van der Waals surface area (Å²) in [6, 6.07) is 57.7. The van der Waals surface area contributed by atoms with Crippen molar-refractivity contribution in [1.29, 1.82) is 0 Å². The quantitative estimate of drug-likeness (QED) is 0.195. The minimum atomic E-state index is -0.0155. The van der Waals surface area contributed by atoms with Gasteiger partial charge in [-0.05, 0) is 74.6 Å². The van der Waals surface area contributed by atoms with E-state index in [1.165, 1.54) is 22.3 Å². The fourth-order valence-corrected chi connectivity index (χ4v) is 6.90. The van der Waals surface area contributed by atoms with E-state index in [2.05, 4.69) is 164 Å². The van der Waals surface area contributed by atoms with Crippen LogP contribution in [0.15, 0.2) is 164 Å². The molecule has 2 heterocycles. The minimum absolute atomic E-state index is 0.0155. The summed E-state index contributed by atoms with van der Waals surface area (Å²) in [7, 11) is 0. The first-order valence-electron chi connectivity index (χ1n) is 15.4. The third kappa shape index (κ3) is 4.28. The van der Waals surface area contributed by atoms with Crippen molar-refractivity contribution in [3.63, 3.8) is 0 Å². The van der Waals surface area contributed by atoms with Gasteiger partial charge in [0.15, 0.2) is 0 Å². The average molecular weight is 574 g/mol. The molecule has 3 heteroatoms. The van der Waals surface area contributed by atoms with Crippen molar-refractivity contribution < 1.29 is 9.47 Å². The van der Waals surface area contributed by atoms with Crippen molar-refractivity contribution in [1.82, 2.24) is 0 Å². The van der Waals surface area contributed by atoms with E-state index in [9.17, 15) is 0 Å². The first kappa shape index (κ1) is 25.7. The Labute approximate surface area is 263 Å². The molecule has 0 atom stereocenters. The number of hydrogen-bond acceptors (Lipinski definition) is 2. The van der Waals surface area contributed by atoms with Crippen molar-refractivity contribution >= 4 is 23.1 Å². The van der Waals surface area contributed by atoms with Crippen LogP contribution in [0.1, 0.15) is 0 Å². The number of hydrogen-bond donors (Lipinski definition) is 0. The fraction of sp³-hybridized carbons (Fsp3) is 0. The predicted octanol–water partition coefficient (Wildman–Crippen LogP) is 9.08. The Hall–Kier alpha value is -5.80. The first-order chi connectivity index (χ1) is 22.3. The molecule has 0 aliphatic carbocycles. The topological polar surface area (TPSA) is 18.5 Å². The van der Waals surface area contributed by atoms with Gasteiger partial charge in [0.2, 0.25) is 0 Å². The zero-order chi connectivity index (χ0) is 29.7. The van der Waals surface area contributed by atoms with Crippen molar-refractivity contribution in [2.75, 3.05) is 0 Å². The van der Waals surface area contributed by atoms with Crippen molar-refractivity contribution in [2.45, 2.75) is 0 Å². The summed E-state index contributed by atoms with van der Waals surface area (Å²) < 4.78 is 13.7. The number of ether oxygens (including phenoxy) is 2. The highest BCUT2D eigenvalue weighted by molar-refractivity contribution is 6.98. The molecule has 9 rings (SSSR count). The molecule has 0 aromatic heterocycles. The zero-order valence-electron chi connectivity index (χ0n) is 24.5. The maximum absolute atomic E-state index is 6.87. The van der Waals surface area contributed by atoms with E-state index in [0.29, 0.717) is 0 Å². The second kappa shape index (κ2) is 10.4. The van der Waals surface area contributed by atoms with E-state index in [4.69, 9.17) is 9.47 Å². The smallest absolute Gasteiger partial charge is 0.260 e. The molecule has 2 aliphatic rings. The Morgan fingerprint density at radius 1 is 0.333 bits per heavy atom. The van der Waals surface area contributed by atoms with Gasteiger partial charge in [0.1, 0.15) is 23.0 Å². The van der Waals surface area contributed by atoms with Crippen LogP contribution >= 0.6 is 0 Å². The molecular formula is C42H27BO2. The summed E-state index contributed by atoms with van der Waals surface area (Å²) in [4.78, 5) is 0. The van der Waals surface area contributed by atoms with Gasteiger partial charge >= 0.3 is 0 Å². The Bertz CT molecular complexity index is 2070. The first-order valence-corrected chi connectivity index (χ1v) is 15.4. The highest BCUT2D eigenvalue weighted by Crippen LogP contribution is 2.46. The highest BCUT2D eigenvalue weighted by atomic mass is 16.5. The van der Waals surface area contributed by atoms with Crippen LogP contribution in [0.3, 0.4) is 0 Å². The van der Waals surface area contributed by atoms with Crippen molar-refractivity contribution in [2.24, 2.45) is 0 Å². The van der Waals surface area contributed by atoms with Crippen LogP contribution in [0.2, 0.25) is 0 Å². The van der Waals surface area contributed by atoms with E-state index in [1.54, 1.807) is 0 Å². The van der Waals surface area contributed by atoms with E-state index in [1.807, 2.05) is 0 Å². The van der Waals surface area contributed by atoms with Crippen LogP contribution in [-0.4, -0.2) is 6.71 Å². The lowest BCUT2D eigenvalue weighted by Crippen LogP contribution is -2.57. The van der Waals surface area contributed by atoms with Crippen LogP contribution in [0, 0.1) is 0 Å². The van der Waals surface area contributed by atoms with Crippen molar-refractivity contribution in [3.8, 4) is 67.5 Å². The molecule has 7 aromatic rings. The number of rotatable bonds is 4. The molecule has 0 radical (unpaired) electrons. The van der Waals surface area contributed by atoms with Gasteiger partial charge in [-0.2, -0.15) is 0 Å². The van der Waals surface area contributed by atoms with Gasteiger partial charge in [-0.15, -0.1) is 0 Å². The molecule has 7 aromatic carbocycles. The van der Waals surface area contributed by atoms with E-state index in [-0.39, 0.29) is 6.71 Å². The molecule has 0 unspecified atom stereocenters. The lowest BCUT2D eigenvalue weighted by molar-refractivity contribution is 0.467. The molecular weight excluding hydrogens is 547 g/mol. The Kier molecular flexibility index (Phi) is 5.95. The molecule has 0 fully saturated rings. The number of fused-ring (bicyclic) bond motifs is 4. The van der Waals surface area contributed by atoms with Gasteiger partial charge in [-0.1, -0.05) is 133 Å². The fourth-order valence-electron chi connectivity index (χ4n) is 6.90. The lowest BCUT2D eigenvalue weighted by atomic mass is 9.34. The summed E-state index contributed by atoms with van der Waals surface area (Å²) in [5, 5.41) is 0. The second-order valence-corrected chi connectivity index (χ2v) is 11.7. The normalized spacial score (nSPS) is 12.3. The standard InChI is InChI=1S/C42H27BO2/c1-3-13-28(14-4-1)30-17-11-19-32(25-30)34-27-35(33-20-12-18-31(26-33)29-15-5-2-6-16-29)42-40-41(34)44-38-23-9-7-21-36(38)43(40)37-22-8-10-24-39(37)45-42/h1-27H. The van der Waals surface area contributed by atoms with Crippen LogP contribution in [0.5, 0.6) is 23.0 Å². The molecule has 0 saturated heterocycles. The van der Waals surface area contributed by atoms with Gasteiger partial charge in [0.25, 0.3) is 6.71 Å². The maximum Gasteiger partial charge on any atom is 0.260 e. The van der Waals surface area contributed by atoms with Gasteiger partial charge in [-0.3, -0.25) is 0 Å². The van der Waals surface area contributed by atoms with E-state index in [0.717, 1.165) is 61.6 Å². The molecule has 0 bridgehead atoms. The molecule has 2 nitrogen and oxygen atoms in total. The Morgan fingerprint density at radius 2 is 0.733 bits per heavy atom. The van der Waals surface area contributed by atoms with Crippen LogP contribution < -0.4 is 25.9 Å². The van der Waals surface area contributed by atoms with Crippen LogP contribution in [-0.2, 0) is 0 Å². The van der Waals surface area contributed by atoms with E-state index >= 15 is 0 Å². The zero-order valence-corrected chi connectivity index (χ0v) is 24.5. The maximum atomic E-state index is 6.87. The minimum Gasteiger partial charge on any atom is -0.458 e. The Morgan fingerprint density at radius 3 is 1.22 bits per heavy atom. The van der Waals surface area contributed by atoms with E-state index < -0.39 is 0 Å². The molecule has 0 spiro atoms. The molecule has 45 heavy (non-hydrogen) atoms. The molecule has 0 amide bonds. The summed E-state index contributed by atoms with van der Waals surface area (Å²) in [5.41, 5.74) is 12.4. The predicted molar refractivity (Wildman–Crippen MR) is 186 cm³/mol. The summed E-state index contributed by atoms with van der Waals surface area (Å²) in [6.45, 7) is -0.0155. The Balaban J connectivity index is 1.33. The number of para-hydroxylation sites is 2. The van der Waals surface area contributed by atoms with Crippen molar-refractivity contribution in [3.05, 3.63) is 164 Å². The lowest BCUT2D eigenvalue weighted by Gasteiger charge is -2.35. The highest BCUT2D eigenvalue weighted by Gasteiger charge is 2.42. The van der Waals surface area contributed by atoms with Crippen LogP contribution in [0.25, 0.3) is 44.5 Å². The summed E-state index contributed by atoms with van der Waals surface area (Å²) in [5.74, 6) is 3.49. The molecule has 210 valence electrons. The molecule has 0 N–H and O–H groups in total. The summed E-state index contributed by atoms with van der Waals surface area (Å²) in [6.07, 6.45) is 0. The monoisotopic (exact) mass is 574 g/mol. The second-order valence-electron chi connectivity index (χ2n) is 11.7. The van der Waals surface area contributed by atoms with Crippen LogP contribution in [0.4, 0.5) is 0 Å². The van der Waals surface area contributed by atoms with Gasteiger partial charge in [-0.25, -0.2) is 0 Å². The van der Waals surface area contributed by atoms with Gasteiger partial charge in [0, 0.05) is 16.6 Å².